The molecule has 0 aliphatic rings. The van der Waals surface area contributed by atoms with Crippen molar-refractivity contribution in [3.63, 3.8) is 0 Å². The van der Waals surface area contributed by atoms with Crippen LogP contribution in [0.25, 0.3) is 0 Å². The van der Waals surface area contributed by atoms with E-state index in [1.54, 1.807) is 11.3 Å². The van der Waals surface area contributed by atoms with E-state index in [0.717, 1.165) is 24.3 Å². The molecular formula is C12H15N3S. The summed E-state index contributed by atoms with van der Waals surface area (Å²) in [5, 5.41) is 5.34. The molecule has 0 saturated heterocycles. The lowest BCUT2D eigenvalue weighted by molar-refractivity contribution is 1.03. The van der Waals surface area contributed by atoms with Crippen LogP contribution in [0, 0.1) is 6.92 Å². The van der Waals surface area contributed by atoms with Crippen molar-refractivity contribution in [3.05, 3.63) is 40.2 Å². The van der Waals surface area contributed by atoms with Crippen molar-refractivity contribution in [2.75, 3.05) is 17.6 Å². The highest BCUT2D eigenvalue weighted by molar-refractivity contribution is 7.09. The summed E-state index contributed by atoms with van der Waals surface area (Å²) in [6.07, 6.45) is 2.83. The molecule has 0 radical (unpaired) electrons. The van der Waals surface area contributed by atoms with E-state index in [9.17, 15) is 0 Å². The number of hydrogen-bond donors (Lipinski definition) is 2. The monoisotopic (exact) mass is 233 g/mol. The third-order valence-electron chi connectivity index (χ3n) is 2.30. The lowest BCUT2D eigenvalue weighted by atomic mass is 10.3. The molecule has 2 aromatic rings. The molecule has 0 unspecified atom stereocenters. The predicted molar refractivity (Wildman–Crippen MR) is 69.9 cm³/mol. The first kappa shape index (κ1) is 11.0. The number of rotatable bonds is 4. The first-order valence-corrected chi connectivity index (χ1v) is 6.12. The van der Waals surface area contributed by atoms with Crippen LogP contribution >= 0.6 is 11.3 Å². The van der Waals surface area contributed by atoms with Gasteiger partial charge in [0.15, 0.2) is 0 Å². The Labute approximate surface area is 99.3 Å². The summed E-state index contributed by atoms with van der Waals surface area (Å²) in [6.45, 7) is 2.85. The number of aryl methyl sites for hydroxylation is 1. The number of nitrogen functional groups attached to an aromatic ring is 1. The number of anilines is 2. The molecule has 0 amide bonds. The maximum atomic E-state index is 5.86. The van der Waals surface area contributed by atoms with E-state index in [-0.39, 0.29) is 0 Å². The number of hydrogen-bond acceptors (Lipinski definition) is 4. The van der Waals surface area contributed by atoms with Gasteiger partial charge in [-0.25, -0.2) is 4.98 Å². The van der Waals surface area contributed by atoms with E-state index >= 15 is 0 Å². The lowest BCUT2D eigenvalue weighted by Gasteiger charge is -2.07. The van der Waals surface area contributed by atoms with E-state index in [1.165, 1.54) is 4.88 Å². The quantitative estimate of drug-likeness (QED) is 0.853. The van der Waals surface area contributed by atoms with Gasteiger partial charge in [0.2, 0.25) is 0 Å². The van der Waals surface area contributed by atoms with Crippen LogP contribution in [-0.2, 0) is 6.42 Å². The highest BCUT2D eigenvalue weighted by Gasteiger charge is 2.00. The van der Waals surface area contributed by atoms with Gasteiger partial charge in [0.1, 0.15) is 5.82 Å². The Morgan fingerprint density at radius 2 is 2.38 bits per heavy atom. The Hall–Kier alpha value is -1.55. The van der Waals surface area contributed by atoms with E-state index in [1.807, 2.05) is 19.2 Å². The summed E-state index contributed by atoms with van der Waals surface area (Å²) in [5.74, 6) is 0.780. The Morgan fingerprint density at radius 1 is 1.50 bits per heavy atom. The minimum atomic E-state index is 0.714. The van der Waals surface area contributed by atoms with Crippen molar-refractivity contribution < 1.29 is 0 Å². The molecule has 0 atom stereocenters. The van der Waals surface area contributed by atoms with Gasteiger partial charge >= 0.3 is 0 Å². The molecule has 0 aromatic carbocycles. The van der Waals surface area contributed by atoms with E-state index in [4.69, 9.17) is 5.73 Å². The molecule has 16 heavy (non-hydrogen) atoms. The molecule has 0 fully saturated rings. The number of nitrogens with two attached hydrogens (primary N) is 1. The predicted octanol–water partition coefficient (Wildman–Crippen LogP) is 2.69. The molecule has 0 aliphatic heterocycles. The molecule has 4 heteroatoms. The van der Waals surface area contributed by atoms with Crippen LogP contribution in [0.1, 0.15) is 10.4 Å². The van der Waals surface area contributed by atoms with Crippen molar-refractivity contribution in [2.24, 2.45) is 0 Å². The summed E-state index contributed by atoms with van der Waals surface area (Å²) in [4.78, 5) is 5.64. The van der Waals surface area contributed by atoms with Gasteiger partial charge in [-0.2, -0.15) is 0 Å². The summed E-state index contributed by atoms with van der Waals surface area (Å²) in [6, 6.07) is 6.14. The fourth-order valence-electron chi connectivity index (χ4n) is 1.50. The van der Waals surface area contributed by atoms with Gasteiger partial charge in [-0.3, -0.25) is 0 Å². The van der Waals surface area contributed by atoms with Crippen molar-refractivity contribution in [3.8, 4) is 0 Å². The Morgan fingerprint density at radius 3 is 3.06 bits per heavy atom. The van der Waals surface area contributed by atoms with E-state index in [0.29, 0.717) is 5.69 Å². The van der Waals surface area contributed by atoms with E-state index in [2.05, 4.69) is 27.8 Å². The third kappa shape index (κ3) is 2.73. The molecule has 0 aliphatic carbocycles. The minimum Gasteiger partial charge on any atom is -0.396 e. The van der Waals surface area contributed by atoms with Gasteiger partial charge < -0.3 is 11.1 Å². The highest BCUT2D eigenvalue weighted by atomic mass is 32.1. The first-order chi connectivity index (χ1) is 7.75. The fraction of sp³-hybridized carbons (Fsp3) is 0.250. The van der Waals surface area contributed by atoms with E-state index < -0.39 is 0 Å². The van der Waals surface area contributed by atoms with Crippen LogP contribution in [-0.4, -0.2) is 11.5 Å². The molecule has 2 aromatic heterocycles. The molecule has 0 saturated carbocycles. The Bertz CT molecular complexity index is 451. The minimum absolute atomic E-state index is 0.714. The third-order valence-corrected chi connectivity index (χ3v) is 3.23. The highest BCUT2D eigenvalue weighted by Crippen LogP contribution is 2.16. The molecule has 2 heterocycles. The topological polar surface area (TPSA) is 50.9 Å². The zero-order chi connectivity index (χ0) is 11.4. The average Bonchev–Trinajstić information content (AvgIpc) is 2.74. The van der Waals surface area contributed by atoms with Gasteiger partial charge in [-0.1, -0.05) is 6.07 Å². The Kier molecular flexibility index (Phi) is 3.41. The van der Waals surface area contributed by atoms with Crippen LogP contribution in [0.4, 0.5) is 11.5 Å². The van der Waals surface area contributed by atoms with Crippen molar-refractivity contribution >= 4 is 22.8 Å². The molecular weight excluding hydrogens is 218 g/mol. The second kappa shape index (κ2) is 4.99. The van der Waals surface area contributed by atoms with Gasteiger partial charge in [-0.15, -0.1) is 11.3 Å². The zero-order valence-electron chi connectivity index (χ0n) is 9.23. The van der Waals surface area contributed by atoms with Crippen molar-refractivity contribution in [1.82, 2.24) is 4.98 Å². The smallest absolute Gasteiger partial charge is 0.149 e. The first-order valence-electron chi connectivity index (χ1n) is 5.24. The standard InChI is InChI=1S/C12H15N3S/c1-9-7-11(13)12(15-8-9)14-5-4-10-3-2-6-16-10/h2-3,6-8H,4-5,13H2,1H3,(H,14,15). The maximum absolute atomic E-state index is 5.86. The van der Waals surface area contributed by atoms with Gasteiger partial charge in [0.25, 0.3) is 0 Å². The summed E-state index contributed by atoms with van der Waals surface area (Å²) >= 11 is 1.77. The van der Waals surface area contributed by atoms with Crippen LogP contribution in [0.5, 0.6) is 0 Å². The molecule has 0 spiro atoms. The largest absolute Gasteiger partial charge is 0.396 e. The maximum Gasteiger partial charge on any atom is 0.149 e. The van der Waals surface area contributed by atoms with Gasteiger partial charge in [-0.05, 0) is 36.4 Å². The Balaban J connectivity index is 1.90. The normalized spacial score (nSPS) is 10.3. The molecule has 0 bridgehead atoms. The number of nitrogens with one attached hydrogen (secondary N) is 1. The van der Waals surface area contributed by atoms with Crippen LogP contribution < -0.4 is 11.1 Å². The number of aromatic nitrogens is 1. The van der Waals surface area contributed by atoms with Crippen molar-refractivity contribution in [1.29, 1.82) is 0 Å². The van der Waals surface area contributed by atoms with Gasteiger partial charge in [0.05, 0.1) is 5.69 Å². The molecule has 3 nitrogen and oxygen atoms in total. The van der Waals surface area contributed by atoms with Crippen LogP contribution in [0.15, 0.2) is 29.8 Å². The van der Waals surface area contributed by atoms with Crippen LogP contribution in [0.3, 0.4) is 0 Å². The summed E-state index contributed by atoms with van der Waals surface area (Å²) < 4.78 is 0. The van der Waals surface area contributed by atoms with Crippen molar-refractivity contribution in [2.45, 2.75) is 13.3 Å². The molecule has 84 valence electrons. The number of thiophene rings is 1. The summed E-state index contributed by atoms with van der Waals surface area (Å²) in [7, 11) is 0. The number of nitrogens with zero attached hydrogens (tertiary/aromatic N) is 1. The fourth-order valence-corrected chi connectivity index (χ4v) is 2.21. The van der Waals surface area contributed by atoms with Gasteiger partial charge in [0, 0.05) is 17.6 Å². The second-order valence-corrected chi connectivity index (χ2v) is 4.74. The lowest BCUT2D eigenvalue weighted by Crippen LogP contribution is -2.08. The average molecular weight is 233 g/mol. The number of pyridine rings is 1. The molecule has 3 N–H and O–H groups in total. The van der Waals surface area contributed by atoms with Crippen LogP contribution in [0.2, 0.25) is 0 Å². The second-order valence-electron chi connectivity index (χ2n) is 3.71. The molecule has 2 rings (SSSR count). The summed E-state index contributed by atoms with van der Waals surface area (Å²) in [5.41, 5.74) is 7.66. The SMILES string of the molecule is Cc1cnc(NCCc2cccs2)c(N)c1. The zero-order valence-corrected chi connectivity index (χ0v) is 10.1.